The van der Waals surface area contributed by atoms with Gasteiger partial charge in [-0.3, -0.25) is 0 Å². The number of hydrogen-bond donors (Lipinski definition) is 1. The molecule has 20 heavy (non-hydrogen) atoms. The highest BCUT2D eigenvalue weighted by Gasteiger charge is 2.43. The van der Waals surface area contributed by atoms with Crippen molar-refractivity contribution >= 4 is 0 Å². The average molecular weight is 279 g/mol. The Balaban J connectivity index is 1.50. The van der Waals surface area contributed by atoms with Crippen LogP contribution in [-0.4, -0.2) is 25.0 Å². The maximum atomic E-state index is 13.2. The van der Waals surface area contributed by atoms with Gasteiger partial charge < -0.3 is 14.8 Å². The number of nitrogens with one attached hydrogen (secondary N) is 1. The van der Waals surface area contributed by atoms with E-state index in [2.05, 4.69) is 5.32 Å². The van der Waals surface area contributed by atoms with Crippen molar-refractivity contribution in [1.82, 2.24) is 5.32 Å². The lowest BCUT2D eigenvalue weighted by atomic mass is 10.1. The van der Waals surface area contributed by atoms with Crippen LogP contribution < -0.4 is 5.32 Å². The first-order chi connectivity index (χ1) is 9.67. The number of hydrogen-bond acceptors (Lipinski definition) is 3. The van der Waals surface area contributed by atoms with Crippen molar-refractivity contribution in [3.8, 4) is 0 Å². The highest BCUT2D eigenvalue weighted by atomic mass is 19.1. The molecule has 1 saturated heterocycles. The lowest BCUT2D eigenvalue weighted by molar-refractivity contribution is -0.161. The highest BCUT2D eigenvalue weighted by molar-refractivity contribution is 5.19. The molecular formula is C16H22FNO2. The zero-order chi connectivity index (χ0) is 14.0. The predicted molar refractivity (Wildman–Crippen MR) is 74.8 cm³/mol. The topological polar surface area (TPSA) is 30.5 Å². The second-order valence-corrected chi connectivity index (χ2v) is 5.85. The SMILES string of the molecule is C[C@@H](NC[C@H]1COC2(CCCC2)O1)c1cccc(F)c1. The summed E-state index contributed by atoms with van der Waals surface area (Å²) in [5.41, 5.74) is 0.958. The molecule has 3 rings (SSSR count). The van der Waals surface area contributed by atoms with Gasteiger partial charge in [-0.05, 0) is 37.5 Å². The minimum absolute atomic E-state index is 0.101. The molecule has 110 valence electrons. The van der Waals surface area contributed by atoms with Gasteiger partial charge in [0.2, 0.25) is 0 Å². The fourth-order valence-corrected chi connectivity index (χ4v) is 3.10. The molecule has 1 spiro atoms. The number of benzene rings is 1. The minimum atomic E-state index is -0.297. The fraction of sp³-hybridized carbons (Fsp3) is 0.625. The summed E-state index contributed by atoms with van der Waals surface area (Å²) in [6.07, 6.45) is 4.52. The summed E-state index contributed by atoms with van der Waals surface area (Å²) in [7, 11) is 0. The maximum Gasteiger partial charge on any atom is 0.168 e. The van der Waals surface area contributed by atoms with Gasteiger partial charge in [-0.25, -0.2) is 4.39 Å². The van der Waals surface area contributed by atoms with E-state index in [1.165, 1.54) is 18.9 Å². The van der Waals surface area contributed by atoms with Crippen molar-refractivity contribution in [3.63, 3.8) is 0 Å². The Kier molecular flexibility index (Phi) is 4.06. The van der Waals surface area contributed by atoms with Crippen molar-refractivity contribution < 1.29 is 13.9 Å². The van der Waals surface area contributed by atoms with Gasteiger partial charge in [0.15, 0.2) is 5.79 Å². The van der Waals surface area contributed by atoms with Crippen LogP contribution >= 0.6 is 0 Å². The quantitative estimate of drug-likeness (QED) is 0.918. The van der Waals surface area contributed by atoms with Crippen LogP contribution in [0.3, 0.4) is 0 Å². The summed E-state index contributed by atoms with van der Waals surface area (Å²) < 4.78 is 25.1. The van der Waals surface area contributed by atoms with E-state index < -0.39 is 0 Å². The van der Waals surface area contributed by atoms with Gasteiger partial charge in [-0.1, -0.05) is 12.1 Å². The molecule has 1 aromatic carbocycles. The van der Waals surface area contributed by atoms with Crippen LogP contribution in [0.5, 0.6) is 0 Å². The molecule has 1 aliphatic heterocycles. The Morgan fingerprint density at radius 1 is 1.40 bits per heavy atom. The summed E-state index contributed by atoms with van der Waals surface area (Å²) in [6, 6.07) is 6.82. The van der Waals surface area contributed by atoms with Crippen molar-refractivity contribution in [3.05, 3.63) is 35.6 Å². The number of rotatable bonds is 4. The van der Waals surface area contributed by atoms with Gasteiger partial charge in [0, 0.05) is 25.4 Å². The van der Waals surface area contributed by atoms with E-state index in [1.807, 2.05) is 13.0 Å². The van der Waals surface area contributed by atoms with Crippen LogP contribution in [0.1, 0.15) is 44.2 Å². The van der Waals surface area contributed by atoms with Gasteiger partial charge in [0.05, 0.1) is 12.7 Å². The summed E-state index contributed by atoms with van der Waals surface area (Å²) in [4.78, 5) is 0. The summed E-state index contributed by atoms with van der Waals surface area (Å²) in [5, 5.41) is 3.40. The van der Waals surface area contributed by atoms with Crippen LogP contribution in [0.25, 0.3) is 0 Å². The Bertz CT molecular complexity index is 460. The Labute approximate surface area is 119 Å². The zero-order valence-electron chi connectivity index (χ0n) is 11.9. The highest BCUT2D eigenvalue weighted by Crippen LogP contribution is 2.39. The van der Waals surface area contributed by atoms with Crippen LogP contribution in [0.4, 0.5) is 4.39 Å². The van der Waals surface area contributed by atoms with E-state index in [9.17, 15) is 4.39 Å². The second kappa shape index (κ2) is 5.80. The molecule has 4 heteroatoms. The maximum absolute atomic E-state index is 13.2. The minimum Gasteiger partial charge on any atom is -0.347 e. The van der Waals surface area contributed by atoms with E-state index in [1.54, 1.807) is 12.1 Å². The average Bonchev–Trinajstić information content (AvgIpc) is 3.07. The van der Waals surface area contributed by atoms with Crippen LogP contribution in [0, 0.1) is 5.82 Å². The standard InChI is InChI=1S/C16H22FNO2/c1-12(13-5-4-6-14(17)9-13)18-10-15-11-19-16(20-15)7-2-3-8-16/h4-6,9,12,15,18H,2-3,7-8,10-11H2,1H3/t12-,15+/m1/s1. The van der Waals surface area contributed by atoms with E-state index in [4.69, 9.17) is 9.47 Å². The molecule has 2 fully saturated rings. The summed E-state index contributed by atoms with van der Waals surface area (Å²) in [5.74, 6) is -0.490. The van der Waals surface area contributed by atoms with E-state index in [-0.39, 0.29) is 23.8 Å². The fourth-order valence-electron chi connectivity index (χ4n) is 3.10. The third-order valence-corrected chi connectivity index (χ3v) is 4.28. The lowest BCUT2D eigenvalue weighted by Crippen LogP contribution is -2.33. The van der Waals surface area contributed by atoms with Gasteiger partial charge in [0.25, 0.3) is 0 Å². The number of ether oxygens (including phenoxy) is 2. The first kappa shape index (κ1) is 14.0. The molecule has 1 aromatic rings. The molecule has 1 N–H and O–H groups in total. The molecule has 0 bridgehead atoms. The first-order valence-electron chi connectivity index (χ1n) is 7.47. The van der Waals surface area contributed by atoms with Crippen LogP contribution in [0.2, 0.25) is 0 Å². The molecule has 2 aliphatic rings. The Morgan fingerprint density at radius 2 is 2.20 bits per heavy atom. The molecule has 2 atom stereocenters. The summed E-state index contributed by atoms with van der Waals surface area (Å²) in [6.45, 7) is 3.43. The molecule has 0 aromatic heterocycles. The molecule has 0 amide bonds. The van der Waals surface area contributed by atoms with Crippen molar-refractivity contribution in [2.24, 2.45) is 0 Å². The third-order valence-electron chi connectivity index (χ3n) is 4.28. The molecule has 1 heterocycles. The van der Waals surface area contributed by atoms with Gasteiger partial charge in [-0.15, -0.1) is 0 Å². The van der Waals surface area contributed by atoms with Gasteiger partial charge in [0.1, 0.15) is 5.82 Å². The normalized spacial score (nSPS) is 26.2. The Hall–Kier alpha value is -0.970. The molecule has 0 radical (unpaired) electrons. The van der Waals surface area contributed by atoms with Crippen molar-refractivity contribution in [1.29, 1.82) is 0 Å². The third kappa shape index (κ3) is 3.03. The Morgan fingerprint density at radius 3 is 2.95 bits per heavy atom. The smallest absolute Gasteiger partial charge is 0.168 e. The van der Waals surface area contributed by atoms with Gasteiger partial charge >= 0.3 is 0 Å². The van der Waals surface area contributed by atoms with Gasteiger partial charge in [-0.2, -0.15) is 0 Å². The molecule has 1 aliphatic carbocycles. The summed E-state index contributed by atoms with van der Waals surface area (Å²) >= 11 is 0. The molecule has 3 nitrogen and oxygen atoms in total. The van der Waals surface area contributed by atoms with Crippen molar-refractivity contribution in [2.45, 2.75) is 50.5 Å². The van der Waals surface area contributed by atoms with E-state index in [0.29, 0.717) is 6.61 Å². The lowest BCUT2D eigenvalue weighted by Gasteiger charge is -2.22. The molecular weight excluding hydrogens is 257 g/mol. The predicted octanol–water partition coefficient (Wildman–Crippen LogP) is 3.16. The van der Waals surface area contributed by atoms with E-state index in [0.717, 1.165) is 24.9 Å². The number of halogens is 1. The molecule has 0 unspecified atom stereocenters. The zero-order valence-corrected chi connectivity index (χ0v) is 11.9. The van der Waals surface area contributed by atoms with E-state index >= 15 is 0 Å². The second-order valence-electron chi connectivity index (χ2n) is 5.85. The first-order valence-corrected chi connectivity index (χ1v) is 7.47. The monoisotopic (exact) mass is 279 g/mol. The largest absolute Gasteiger partial charge is 0.347 e. The molecule has 1 saturated carbocycles. The van der Waals surface area contributed by atoms with Crippen LogP contribution in [0.15, 0.2) is 24.3 Å². The van der Waals surface area contributed by atoms with Crippen LogP contribution in [-0.2, 0) is 9.47 Å². The van der Waals surface area contributed by atoms with Crippen molar-refractivity contribution in [2.75, 3.05) is 13.2 Å².